The number of aldehydes is 1. The minimum absolute atomic E-state index is 0.105. The van der Waals surface area contributed by atoms with E-state index >= 15 is 0 Å². The fraction of sp³-hybridized carbons (Fsp3) is 0.409. The van der Waals surface area contributed by atoms with Crippen molar-refractivity contribution in [3.05, 3.63) is 42.1 Å². The average molecular weight is 453 g/mol. The number of anilines is 3. The largest absolute Gasteiger partial charge is 0.395 e. The number of nitrogens with zero attached hydrogens (tertiary/aromatic N) is 6. The van der Waals surface area contributed by atoms with E-state index in [2.05, 4.69) is 20.6 Å². The van der Waals surface area contributed by atoms with Gasteiger partial charge in [-0.1, -0.05) is 0 Å². The summed E-state index contributed by atoms with van der Waals surface area (Å²) in [4.78, 5) is 40.4. The number of carbonyl (C=O) groups excluding carboxylic acids is 2. The molecule has 3 aromatic heterocycles. The van der Waals surface area contributed by atoms with Crippen molar-refractivity contribution >= 4 is 35.3 Å². The van der Waals surface area contributed by atoms with Crippen LogP contribution in [0.3, 0.4) is 0 Å². The summed E-state index contributed by atoms with van der Waals surface area (Å²) in [5.74, 6) is 1.81. The number of likely N-dealkylation sites (N-methyl/N-ethyl adjacent to an activating group) is 1. The summed E-state index contributed by atoms with van der Waals surface area (Å²) in [6.07, 6.45) is 8.33. The third kappa shape index (κ3) is 5.03. The molecule has 4 rings (SSSR count). The quantitative estimate of drug-likeness (QED) is 0.397. The van der Waals surface area contributed by atoms with Gasteiger partial charge < -0.3 is 29.8 Å². The summed E-state index contributed by atoms with van der Waals surface area (Å²) >= 11 is 0. The second kappa shape index (κ2) is 9.82. The number of pyridine rings is 1. The van der Waals surface area contributed by atoms with Gasteiger partial charge in [0.05, 0.1) is 31.1 Å². The number of aromatic nitrogens is 4. The van der Waals surface area contributed by atoms with Gasteiger partial charge in [-0.15, -0.1) is 0 Å². The number of aliphatic hydroxyl groups excluding tert-OH is 1. The second-order valence-corrected chi connectivity index (χ2v) is 7.99. The summed E-state index contributed by atoms with van der Waals surface area (Å²) in [5, 5.41) is 15.4. The molecule has 0 radical (unpaired) electrons. The van der Waals surface area contributed by atoms with Crippen LogP contribution in [0.4, 0.5) is 22.1 Å². The molecule has 1 saturated carbocycles. The number of nitrogens with one attached hydrogen (secondary N) is 2. The predicted molar refractivity (Wildman–Crippen MR) is 125 cm³/mol. The fourth-order valence-corrected chi connectivity index (χ4v) is 3.65. The lowest BCUT2D eigenvalue weighted by atomic mass is 10.1. The molecule has 0 aliphatic heterocycles. The van der Waals surface area contributed by atoms with Crippen LogP contribution >= 0.6 is 0 Å². The van der Waals surface area contributed by atoms with Crippen LogP contribution in [-0.2, 0) is 11.3 Å². The highest BCUT2D eigenvalue weighted by atomic mass is 16.3. The number of imidazole rings is 1. The highest BCUT2D eigenvalue weighted by molar-refractivity contribution is 5.98. The molecule has 33 heavy (non-hydrogen) atoms. The Morgan fingerprint density at radius 1 is 1.27 bits per heavy atom. The number of fused-ring (bicyclic) bond motifs is 1. The van der Waals surface area contributed by atoms with E-state index in [0.717, 1.165) is 24.1 Å². The molecule has 2 amide bonds. The van der Waals surface area contributed by atoms with Crippen molar-refractivity contribution in [2.45, 2.75) is 25.3 Å². The zero-order valence-electron chi connectivity index (χ0n) is 18.7. The minimum Gasteiger partial charge on any atom is -0.395 e. The SMILES string of the molecule is CNc1cc(NCc2cn3cc(C4CC4)cc(N(CC=O)C(=O)N(C)CCO)c3n2)ncn1. The molecule has 3 heterocycles. The maximum Gasteiger partial charge on any atom is 0.324 e. The first-order chi connectivity index (χ1) is 16.0. The number of amides is 2. The molecular formula is C22H28N8O3. The highest BCUT2D eigenvalue weighted by Crippen LogP contribution is 2.42. The van der Waals surface area contributed by atoms with Gasteiger partial charge in [0, 0.05) is 39.1 Å². The maximum atomic E-state index is 13.1. The van der Waals surface area contributed by atoms with Gasteiger partial charge in [0.25, 0.3) is 0 Å². The van der Waals surface area contributed by atoms with E-state index in [1.807, 2.05) is 22.9 Å². The molecule has 0 unspecified atom stereocenters. The molecule has 0 atom stereocenters. The second-order valence-electron chi connectivity index (χ2n) is 7.99. The van der Waals surface area contributed by atoms with Gasteiger partial charge in [-0.3, -0.25) is 4.90 Å². The normalized spacial score (nSPS) is 13.1. The maximum absolute atomic E-state index is 13.1. The highest BCUT2D eigenvalue weighted by Gasteiger charge is 2.28. The van der Waals surface area contributed by atoms with E-state index in [0.29, 0.717) is 41.7 Å². The topological polar surface area (TPSA) is 128 Å². The van der Waals surface area contributed by atoms with Gasteiger partial charge in [-0.25, -0.2) is 19.7 Å². The molecule has 0 aromatic carbocycles. The van der Waals surface area contributed by atoms with Crippen molar-refractivity contribution in [2.24, 2.45) is 0 Å². The molecule has 174 valence electrons. The molecule has 3 N–H and O–H groups in total. The number of hydrogen-bond acceptors (Lipinski definition) is 8. The van der Waals surface area contributed by atoms with Gasteiger partial charge in [0.1, 0.15) is 24.2 Å². The third-order valence-electron chi connectivity index (χ3n) is 5.57. The Hall–Kier alpha value is -3.73. The monoisotopic (exact) mass is 452 g/mol. The third-order valence-corrected chi connectivity index (χ3v) is 5.57. The Balaban J connectivity index is 1.67. The van der Waals surface area contributed by atoms with Crippen molar-refractivity contribution in [3.63, 3.8) is 0 Å². The zero-order chi connectivity index (χ0) is 23.4. The molecule has 11 nitrogen and oxygen atoms in total. The Morgan fingerprint density at radius 3 is 2.76 bits per heavy atom. The van der Waals surface area contributed by atoms with E-state index in [9.17, 15) is 14.7 Å². The molecular weight excluding hydrogens is 424 g/mol. The number of rotatable bonds is 10. The molecule has 11 heteroatoms. The van der Waals surface area contributed by atoms with E-state index in [-0.39, 0.29) is 25.7 Å². The smallest absolute Gasteiger partial charge is 0.324 e. The first kappa shape index (κ1) is 22.5. The van der Waals surface area contributed by atoms with E-state index < -0.39 is 0 Å². The van der Waals surface area contributed by atoms with Crippen LogP contribution < -0.4 is 15.5 Å². The molecule has 1 aliphatic carbocycles. The summed E-state index contributed by atoms with van der Waals surface area (Å²) in [7, 11) is 3.39. The molecule has 3 aromatic rings. The first-order valence-electron chi connectivity index (χ1n) is 10.9. The summed E-state index contributed by atoms with van der Waals surface area (Å²) in [5.41, 5.74) is 3.03. The molecule has 0 saturated heterocycles. The van der Waals surface area contributed by atoms with Crippen LogP contribution in [0.2, 0.25) is 0 Å². The summed E-state index contributed by atoms with van der Waals surface area (Å²) in [6, 6.07) is 3.39. The van der Waals surface area contributed by atoms with Gasteiger partial charge >= 0.3 is 6.03 Å². The number of hydrogen-bond donors (Lipinski definition) is 3. The molecule has 1 fully saturated rings. The molecule has 1 aliphatic rings. The van der Waals surface area contributed by atoms with Gasteiger partial charge in [-0.2, -0.15) is 0 Å². The summed E-state index contributed by atoms with van der Waals surface area (Å²) in [6.45, 7) is 0.328. The van der Waals surface area contributed by atoms with E-state index in [1.54, 1.807) is 20.2 Å². The van der Waals surface area contributed by atoms with Crippen molar-refractivity contribution in [2.75, 3.05) is 49.3 Å². The number of aliphatic hydroxyl groups is 1. The van der Waals surface area contributed by atoms with Crippen molar-refractivity contribution < 1.29 is 14.7 Å². The lowest BCUT2D eigenvalue weighted by molar-refractivity contribution is -0.106. The minimum atomic E-state index is -0.366. The zero-order valence-corrected chi connectivity index (χ0v) is 18.7. The Bertz CT molecular complexity index is 1140. The van der Waals surface area contributed by atoms with Crippen molar-refractivity contribution in [3.8, 4) is 0 Å². The van der Waals surface area contributed by atoms with E-state index in [4.69, 9.17) is 4.98 Å². The lowest BCUT2D eigenvalue weighted by Crippen LogP contribution is -2.43. The van der Waals surface area contributed by atoms with Crippen LogP contribution in [0.15, 0.2) is 30.9 Å². The lowest BCUT2D eigenvalue weighted by Gasteiger charge is -2.27. The van der Waals surface area contributed by atoms with Crippen LogP contribution in [0, 0.1) is 0 Å². The standard InChI is InChI=1S/C22H28N8O3/c1-23-19-10-20(26-14-25-19)24-11-17-13-29-12-16(15-3-4-15)9-18(21(29)27-17)30(6-8-32)22(33)28(2)5-7-31/h8-10,12-15,31H,3-7,11H2,1-2H3,(H2,23,24,25,26). The van der Waals surface area contributed by atoms with Crippen LogP contribution in [0.5, 0.6) is 0 Å². The van der Waals surface area contributed by atoms with E-state index in [1.165, 1.54) is 16.1 Å². The van der Waals surface area contributed by atoms with Gasteiger partial charge in [-0.05, 0) is 30.4 Å². The predicted octanol–water partition coefficient (Wildman–Crippen LogP) is 1.70. The number of urea groups is 1. The summed E-state index contributed by atoms with van der Waals surface area (Å²) < 4.78 is 1.91. The Morgan fingerprint density at radius 2 is 2.06 bits per heavy atom. The number of carbonyl (C=O) groups is 2. The Labute approximate surface area is 191 Å². The van der Waals surface area contributed by atoms with Gasteiger partial charge in [0.15, 0.2) is 5.65 Å². The van der Waals surface area contributed by atoms with Gasteiger partial charge in [0.2, 0.25) is 0 Å². The van der Waals surface area contributed by atoms with Crippen LogP contribution in [0.25, 0.3) is 5.65 Å². The Kier molecular flexibility index (Phi) is 6.68. The molecule has 0 bridgehead atoms. The van der Waals surface area contributed by atoms with Crippen molar-refractivity contribution in [1.29, 1.82) is 0 Å². The van der Waals surface area contributed by atoms with Crippen LogP contribution in [0.1, 0.15) is 30.0 Å². The first-order valence-corrected chi connectivity index (χ1v) is 10.9. The van der Waals surface area contributed by atoms with Crippen LogP contribution in [-0.4, -0.2) is 75.5 Å². The van der Waals surface area contributed by atoms with Crippen molar-refractivity contribution in [1.82, 2.24) is 24.3 Å². The average Bonchev–Trinajstić information content (AvgIpc) is 3.60. The fourth-order valence-electron chi connectivity index (χ4n) is 3.65. The molecule has 0 spiro atoms.